The Kier molecular flexibility index (Phi) is 4.22. The summed E-state index contributed by atoms with van der Waals surface area (Å²) in [6.07, 6.45) is 4.30. The molecule has 96 valence electrons. The number of piperidine rings is 1. The molecule has 1 aromatic rings. The molecular weight excluding hydrogens is 280 g/mol. The quantitative estimate of drug-likeness (QED) is 0.925. The highest BCUT2D eigenvalue weighted by Gasteiger charge is 2.22. The standard InChI is InChI=1S/C12H21BrN4/c1-9(14)10-3-5-17(6-4-10)8-12-11(13)7-15-16(12)2/h7,9-10H,3-6,8,14H2,1-2H3. The Balaban J connectivity index is 1.90. The fraction of sp³-hybridized carbons (Fsp3) is 0.750. The molecule has 1 aromatic heterocycles. The van der Waals surface area contributed by atoms with E-state index < -0.39 is 0 Å². The van der Waals surface area contributed by atoms with Gasteiger partial charge in [-0.1, -0.05) is 0 Å². The van der Waals surface area contributed by atoms with Crippen LogP contribution in [0.3, 0.4) is 0 Å². The van der Waals surface area contributed by atoms with E-state index in [4.69, 9.17) is 5.73 Å². The third kappa shape index (κ3) is 3.09. The Labute approximate surface area is 111 Å². The van der Waals surface area contributed by atoms with Crippen molar-refractivity contribution in [3.63, 3.8) is 0 Å². The van der Waals surface area contributed by atoms with Crippen LogP contribution < -0.4 is 5.73 Å². The van der Waals surface area contributed by atoms with Crippen LogP contribution in [0.25, 0.3) is 0 Å². The molecule has 1 aliphatic rings. The van der Waals surface area contributed by atoms with Crippen molar-refractivity contribution in [2.24, 2.45) is 18.7 Å². The summed E-state index contributed by atoms with van der Waals surface area (Å²) in [5.41, 5.74) is 7.21. The molecule has 0 spiro atoms. The van der Waals surface area contributed by atoms with Crippen molar-refractivity contribution in [2.75, 3.05) is 13.1 Å². The van der Waals surface area contributed by atoms with Crippen LogP contribution >= 0.6 is 15.9 Å². The van der Waals surface area contributed by atoms with Crippen LogP contribution in [-0.4, -0.2) is 33.8 Å². The number of rotatable bonds is 3. The number of aromatic nitrogens is 2. The minimum absolute atomic E-state index is 0.334. The average molecular weight is 301 g/mol. The first-order valence-electron chi connectivity index (χ1n) is 6.22. The van der Waals surface area contributed by atoms with Gasteiger partial charge in [0.1, 0.15) is 0 Å². The van der Waals surface area contributed by atoms with Crippen molar-refractivity contribution < 1.29 is 0 Å². The minimum Gasteiger partial charge on any atom is -0.328 e. The Morgan fingerprint density at radius 3 is 2.65 bits per heavy atom. The van der Waals surface area contributed by atoms with Crippen molar-refractivity contribution in [2.45, 2.75) is 32.4 Å². The molecule has 1 atom stereocenters. The number of hydrogen-bond donors (Lipinski definition) is 1. The maximum absolute atomic E-state index is 5.96. The number of halogens is 1. The SMILES string of the molecule is CC(N)C1CCN(Cc2c(Br)cnn2C)CC1. The Morgan fingerprint density at radius 2 is 2.18 bits per heavy atom. The van der Waals surface area contributed by atoms with Crippen molar-refractivity contribution in [3.05, 3.63) is 16.4 Å². The molecule has 1 fully saturated rings. The van der Waals surface area contributed by atoms with Crippen LogP contribution in [-0.2, 0) is 13.6 Å². The lowest BCUT2D eigenvalue weighted by Crippen LogP contribution is -2.39. The number of aryl methyl sites for hydroxylation is 1. The molecule has 1 aliphatic heterocycles. The summed E-state index contributed by atoms with van der Waals surface area (Å²) < 4.78 is 3.05. The molecule has 2 rings (SSSR count). The van der Waals surface area contributed by atoms with E-state index in [9.17, 15) is 0 Å². The first-order chi connectivity index (χ1) is 8.08. The summed E-state index contributed by atoms with van der Waals surface area (Å²) in [6.45, 7) is 5.38. The van der Waals surface area contributed by atoms with Gasteiger partial charge in [0.25, 0.3) is 0 Å². The second-order valence-electron chi connectivity index (χ2n) is 5.04. The highest BCUT2D eigenvalue weighted by atomic mass is 79.9. The first-order valence-corrected chi connectivity index (χ1v) is 7.01. The van der Waals surface area contributed by atoms with Gasteiger partial charge in [-0.3, -0.25) is 9.58 Å². The molecule has 1 unspecified atom stereocenters. The largest absolute Gasteiger partial charge is 0.328 e. The minimum atomic E-state index is 0.334. The molecule has 0 amide bonds. The van der Waals surface area contributed by atoms with Gasteiger partial charge in [-0.2, -0.15) is 5.10 Å². The molecule has 0 radical (unpaired) electrons. The van der Waals surface area contributed by atoms with Crippen LogP contribution in [0.1, 0.15) is 25.5 Å². The first kappa shape index (κ1) is 13.1. The van der Waals surface area contributed by atoms with E-state index >= 15 is 0 Å². The third-order valence-electron chi connectivity index (χ3n) is 3.76. The smallest absolute Gasteiger partial charge is 0.0663 e. The van der Waals surface area contributed by atoms with E-state index in [1.807, 2.05) is 17.9 Å². The van der Waals surface area contributed by atoms with Crippen LogP contribution in [0.15, 0.2) is 10.7 Å². The predicted octanol–water partition coefficient (Wildman–Crippen LogP) is 1.74. The van der Waals surface area contributed by atoms with Crippen molar-refractivity contribution in [1.29, 1.82) is 0 Å². The molecule has 2 heterocycles. The van der Waals surface area contributed by atoms with E-state index in [0.29, 0.717) is 12.0 Å². The van der Waals surface area contributed by atoms with E-state index in [1.165, 1.54) is 18.5 Å². The lowest BCUT2D eigenvalue weighted by atomic mass is 9.91. The molecule has 1 saturated heterocycles. The molecule has 0 saturated carbocycles. The number of hydrogen-bond acceptors (Lipinski definition) is 3. The van der Waals surface area contributed by atoms with Gasteiger partial charge >= 0.3 is 0 Å². The summed E-state index contributed by atoms with van der Waals surface area (Å²) in [7, 11) is 1.99. The fourth-order valence-corrected chi connectivity index (χ4v) is 2.94. The monoisotopic (exact) mass is 300 g/mol. The highest BCUT2D eigenvalue weighted by molar-refractivity contribution is 9.10. The summed E-state index contributed by atoms with van der Waals surface area (Å²) in [5.74, 6) is 0.696. The van der Waals surface area contributed by atoms with Crippen molar-refractivity contribution >= 4 is 15.9 Å². The molecular formula is C12H21BrN4. The van der Waals surface area contributed by atoms with E-state index in [1.54, 1.807) is 0 Å². The van der Waals surface area contributed by atoms with Crippen LogP contribution in [0, 0.1) is 5.92 Å². The van der Waals surface area contributed by atoms with E-state index in [0.717, 1.165) is 24.1 Å². The Morgan fingerprint density at radius 1 is 1.53 bits per heavy atom. The van der Waals surface area contributed by atoms with E-state index in [2.05, 4.69) is 32.9 Å². The molecule has 2 N–H and O–H groups in total. The van der Waals surface area contributed by atoms with Crippen LogP contribution in [0.5, 0.6) is 0 Å². The van der Waals surface area contributed by atoms with Gasteiger partial charge in [-0.15, -0.1) is 0 Å². The number of nitrogens with zero attached hydrogens (tertiary/aromatic N) is 3. The van der Waals surface area contributed by atoms with Gasteiger partial charge in [0, 0.05) is 19.6 Å². The van der Waals surface area contributed by atoms with Gasteiger partial charge in [0.05, 0.1) is 16.4 Å². The van der Waals surface area contributed by atoms with E-state index in [-0.39, 0.29) is 0 Å². The maximum atomic E-state index is 5.96. The van der Waals surface area contributed by atoms with Gasteiger partial charge < -0.3 is 5.73 Å². The van der Waals surface area contributed by atoms with Gasteiger partial charge in [-0.05, 0) is 54.7 Å². The Bertz CT molecular complexity index is 347. The zero-order valence-electron chi connectivity index (χ0n) is 10.6. The van der Waals surface area contributed by atoms with Crippen LogP contribution in [0.2, 0.25) is 0 Å². The number of likely N-dealkylation sites (tertiary alicyclic amines) is 1. The zero-order chi connectivity index (χ0) is 12.4. The summed E-state index contributed by atoms with van der Waals surface area (Å²) in [6, 6.07) is 0.334. The zero-order valence-corrected chi connectivity index (χ0v) is 12.2. The van der Waals surface area contributed by atoms with Gasteiger partial charge in [0.2, 0.25) is 0 Å². The van der Waals surface area contributed by atoms with Crippen molar-refractivity contribution in [3.8, 4) is 0 Å². The highest BCUT2D eigenvalue weighted by Crippen LogP contribution is 2.23. The fourth-order valence-electron chi connectivity index (χ4n) is 2.46. The molecule has 5 heteroatoms. The lowest BCUT2D eigenvalue weighted by Gasteiger charge is -2.33. The molecule has 17 heavy (non-hydrogen) atoms. The topological polar surface area (TPSA) is 47.1 Å². The van der Waals surface area contributed by atoms with Crippen molar-refractivity contribution in [1.82, 2.24) is 14.7 Å². The summed E-state index contributed by atoms with van der Waals surface area (Å²) in [5, 5.41) is 4.25. The summed E-state index contributed by atoms with van der Waals surface area (Å²) >= 11 is 3.55. The molecule has 0 bridgehead atoms. The average Bonchev–Trinajstić information content (AvgIpc) is 2.61. The third-order valence-corrected chi connectivity index (χ3v) is 4.42. The molecule has 0 aromatic carbocycles. The predicted molar refractivity (Wildman–Crippen MR) is 72.6 cm³/mol. The summed E-state index contributed by atoms with van der Waals surface area (Å²) in [4.78, 5) is 2.49. The maximum Gasteiger partial charge on any atom is 0.0663 e. The lowest BCUT2D eigenvalue weighted by molar-refractivity contribution is 0.162. The molecule has 0 aliphatic carbocycles. The second kappa shape index (κ2) is 5.50. The second-order valence-corrected chi connectivity index (χ2v) is 5.89. The van der Waals surface area contributed by atoms with Gasteiger partial charge in [0.15, 0.2) is 0 Å². The van der Waals surface area contributed by atoms with Gasteiger partial charge in [-0.25, -0.2) is 0 Å². The van der Waals surface area contributed by atoms with Crippen LogP contribution in [0.4, 0.5) is 0 Å². The normalized spacial score (nSPS) is 20.7. The number of nitrogens with two attached hydrogens (primary N) is 1. The molecule has 4 nitrogen and oxygen atoms in total. The Hall–Kier alpha value is -0.390.